The average Bonchev–Trinajstić information content (AvgIpc) is 2.67. The number of hydrogen-bond donors (Lipinski definition) is 1. The summed E-state index contributed by atoms with van der Waals surface area (Å²) in [6.07, 6.45) is 6.55. The van der Waals surface area contributed by atoms with Gasteiger partial charge in [-0.3, -0.25) is 0 Å². The Balaban J connectivity index is 1.82. The van der Waals surface area contributed by atoms with Crippen LogP contribution in [0.4, 0.5) is 0 Å². The highest BCUT2D eigenvalue weighted by Crippen LogP contribution is 2.29. The van der Waals surface area contributed by atoms with Gasteiger partial charge in [-0.1, -0.05) is 62.9 Å². The van der Waals surface area contributed by atoms with Crippen LogP contribution in [0.2, 0.25) is 0 Å². The van der Waals surface area contributed by atoms with Crippen LogP contribution in [0.1, 0.15) is 55.7 Å². The van der Waals surface area contributed by atoms with Crippen LogP contribution < -0.4 is 14.8 Å². The maximum atomic E-state index is 5.99. The van der Waals surface area contributed by atoms with Crippen LogP contribution in [-0.2, 0) is 13.2 Å². The Morgan fingerprint density at radius 1 is 0.923 bits per heavy atom. The van der Waals surface area contributed by atoms with Crippen molar-refractivity contribution >= 4 is 0 Å². The minimum atomic E-state index is 0.554. The van der Waals surface area contributed by atoms with Gasteiger partial charge in [0.2, 0.25) is 0 Å². The van der Waals surface area contributed by atoms with Crippen molar-refractivity contribution in [3.63, 3.8) is 0 Å². The van der Waals surface area contributed by atoms with E-state index in [-0.39, 0.29) is 0 Å². The molecule has 0 aromatic heterocycles. The molecular weight excluding hydrogens is 322 g/mol. The van der Waals surface area contributed by atoms with Gasteiger partial charge in [0.25, 0.3) is 0 Å². The Labute approximate surface area is 158 Å². The molecule has 0 fully saturated rings. The molecule has 0 bridgehead atoms. The molecule has 0 radical (unpaired) electrons. The largest absolute Gasteiger partial charge is 0.493 e. The van der Waals surface area contributed by atoms with Crippen LogP contribution in [0, 0.1) is 6.92 Å². The Morgan fingerprint density at radius 2 is 1.73 bits per heavy atom. The first-order valence-corrected chi connectivity index (χ1v) is 9.79. The van der Waals surface area contributed by atoms with Crippen molar-refractivity contribution in [2.45, 2.75) is 59.1 Å². The van der Waals surface area contributed by atoms with Gasteiger partial charge in [0, 0.05) is 6.54 Å². The SMILES string of the molecule is CCCCCCCNCc1ccc(OCc2ccccc2C)c(OC)c1. The Kier molecular flexibility index (Phi) is 9.05. The third-order valence-corrected chi connectivity index (χ3v) is 4.66. The van der Waals surface area contributed by atoms with Crippen molar-refractivity contribution < 1.29 is 9.47 Å². The number of ether oxygens (including phenoxy) is 2. The van der Waals surface area contributed by atoms with E-state index < -0.39 is 0 Å². The van der Waals surface area contributed by atoms with Gasteiger partial charge in [-0.15, -0.1) is 0 Å². The van der Waals surface area contributed by atoms with Gasteiger partial charge in [-0.25, -0.2) is 0 Å². The van der Waals surface area contributed by atoms with Crippen molar-refractivity contribution in [2.24, 2.45) is 0 Å². The molecule has 0 saturated heterocycles. The zero-order chi connectivity index (χ0) is 18.6. The van der Waals surface area contributed by atoms with Crippen molar-refractivity contribution in [1.29, 1.82) is 0 Å². The zero-order valence-corrected chi connectivity index (χ0v) is 16.5. The van der Waals surface area contributed by atoms with E-state index in [4.69, 9.17) is 9.47 Å². The lowest BCUT2D eigenvalue weighted by molar-refractivity contribution is 0.283. The lowest BCUT2D eigenvalue weighted by Crippen LogP contribution is -2.14. The fourth-order valence-electron chi connectivity index (χ4n) is 2.96. The first kappa shape index (κ1) is 20.3. The van der Waals surface area contributed by atoms with E-state index in [1.807, 2.05) is 18.2 Å². The topological polar surface area (TPSA) is 30.5 Å². The first-order chi connectivity index (χ1) is 12.7. The monoisotopic (exact) mass is 355 g/mol. The van der Waals surface area contributed by atoms with Crippen molar-refractivity contribution in [1.82, 2.24) is 5.32 Å². The predicted octanol–water partition coefficient (Wildman–Crippen LogP) is 5.64. The highest BCUT2D eigenvalue weighted by atomic mass is 16.5. The molecule has 2 aromatic rings. The Bertz CT molecular complexity index is 654. The molecule has 0 spiro atoms. The van der Waals surface area contributed by atoms with Crippen molar-refractivity contribution in [3.8, 4) is 11.5 Å². The van der Waals surface area contributed by atoms with Crippen LogP contribution in [0.15, 0.2) is 42.5 Å². The smallest absolute Gasteiger partial charge is 0.161 e. The number of unbranched alkanes of at least 4 members (excludes halogenated alkanes) is 4. The molecule has 0 saturated carbocycles. The van der Waals surface area contributed by atoms with E-state index in [0.717, 1.165) is 24.6 Å². The van der Waals surface area contributed by atoms with Crippen molar-refractivity contribution in [3.05, 3.63) is 59.2 Å². The molecule has 0 aliphatic carbocycles. The quantitative estimate of drug-likeness (QED) is 0.500. The van der Waals surface area contributed by atoms with Gasteiger partial charge in [0.15, 0.2) is 11.5 Å². The number of hydrogen-bond acceptors (Lipinski definition) is 3. The molecule has 3 heteroatoms. The lowest BCUT2D eigenvalue weighted by atomic mass is 10.1. The summed E-state index contributed by atoms with van der Waals surface area (Å²) < 4.78 is 11.5. The van der Waals surface area contributed by atoms with Crippen LogP contribution in [0.25, 0.3) is 0 Å². The van der Waals surface area contributed by atoms with E-state index in [9.17, 15) is 0 Å². The van der Waals surface area contributed by atoms with E-state index >= 15 is 0 Å². The maximum Gasteiger partial charge on any atom is 0.161 e. The summed E-state index contributed by atoms with van der Waals surface area (Å²) in [5.41, 5.74) is 3.66. The number of benzene rings is 2. The molecular formula is C23H33NO2. The van der Waals surface area contributed by atoms with Crippen LogP contribution >= 0.6 is 0 Å². The molecule has 26 heavy (non-hydrogen) atoms. The van der Waals surface area contributed by atoms with Gasteiger partial charge >= 0.3 is 0 Å². The summed E-state index contributed by atoms with van der Waals surface area (Å²) in [6.45, 7) is 6.84. The fourth-order valence-corrected chi connectivity index (χ4v) is 2.96. The number of methoxy groups -OCH3 is 1. The summed E-state index contributed by atoms with van der Waals surface area (Å²) in [7, 11) is 1.70. The highest BCUT2D eigenvalue weighted by Gasteiger charge is 2.07. The fraction of sp³-hybridized carbons (Fsp3) is 0.478. The molecule has 142 valence electrons. The van der Waals surface area contributed by atoms with Gasteiger partial charge in [0.1, 0.15) is 6.61 Å². The molecule has 0 aliphatic heterocycles. The molecule has 2 rings (SSSR count). The Hall–Kier alpha value is -2.00. The second-order valence-electron chi connectivity index (χ2n) is 6.79. The van der Waals surface area contributed by atoms with E-state index in [2.05, 4.69) is 43.4 Å². The molecule has 0 aliphatic rings. The first-order valence-electron chi connectivity index (χ1n) is 9.79. The number of aryl methyl sites for hydroxylation is 1. The third kappa shape index (κ3) is 6.72. The third-order valence-electron chi connectivity index (χ3n) is 4.66. The molecule has 0 amide bonds. The maximum absolute atomic E-state index is 5.99. The number of nitrogens with one attached hydrogen (secondary N) is 1. The minimum absolute atomic E-state index is 0.554. The lowest BCUT2D eigenvalue weighted by Gasteiger charge is -2.13. The zero-order valence-electron chi connectivity index (χ0n) is 16.5. The summed E-state index contributed by atoms with van der Waals surface area (Å²) in [6, 6.07) is 14.5. The van der Waals surface area contributed by atoms with Gasteiger partial charge < -0.3 is 14.8 Å². The molecule has 0 atom stereocenters. The summed E-state index contributed by atoms with van der Waals surface area (Å²) in [5.74, 6) is 1.58. The molecule has 0 unspecified atom stereocenters. The Morgan fingerprint density at radius 3 is 2.50 bits per heavy atom. The summed E-state index contributed by atoms with van der Waals surface area (Å²) in [4.78, 5) is 0. The normalized spacial score (nSPS) is 10.7. The summed E-state index contributed by atoms with van der Waals surface area (Å²) in [5, 5.41) is 3.52. The van der Waals surface area contributed by atoms with Gasteiger partial charge in [0.05, 0.1) is 7.11 Å². The minimum Gasteiger partial charge on any atom is -0.493 e. The van der Waals surface area contributed by atoms with E-state index in [0.29, 0.717) is 6.61 Å². The molecule has 1 N–H and O–H groups in total. The summed E-state index contributed by atoms with van der Waals surface area (Å²) >= 11 is 0. The highest BCUT2D eigenvalue weighted by molar-refractivity contribution is 5.43. The second-order valence-corrected chi connectivity index (χ2v) is 6.79. The molecule has 3 nitrogen and oxygen atoms in total. The van der Waals surface area contributed by atoms with Crippen LogP contribution in [0.5, 0.6) is 11.5 Å². The standard InChI is InChI=1S/C23H33NO2/c1-4-5-6-7-10-15-24-17-20-13-14-22(23(16-20)25-3)26-18-21-12-9-8-11-19(21)2/h8-9,11-14,16,24H,4-7,10,15,17-18H2,1-3H3. The van der Waals surface area contributed by atoms with Gasteiger partial charge in [-0.05, 0) is 48.7 Å². The number of rotatable bonds is 12. The van der Waals surface area contributed by atoms with Gasteiger partial charge in [-0.2, -0.15) is 0 Å². The predicted molar refractivity (Wildman–Crippen MR) is 109 cm³/mol. The van der Waals surface area contributed by atoms with Crippen LogP contribution in [-0.4, -0.2) is 13.7 Å². The molecule has 2 aromatic carbocycles. The molecule has 0 heterocycles. The second kappa shape index (κ2) is 11.6. The average molecular weight is 356 g/mol. The van der Waals surface area contributed by atoms with Crippen LogP contribution in [0.3, 0.4) is 0 Å². The van der Waals surface area contributed by atoms with Crippen molar-refractivity contribution in [2.75, 3.05) is 13.7 Å². The van der Waals surface area contributed by atoms with E-state index in [1.165, 1.54) is 48.8 Å². The van der Waals surface area contributed by atoms with E-state index in [1.54, 1.807) is 7.11 Å².